The molecule has 32 heavy (non-hydrogen) atoms. The highest BCUT2D eigenvalue weighted by molar-refractivity contribution is 7.92. The van der Waals surface area contributed by atoms with Crippen LogP contribution < -0.4 is 13.6 Å². The number of carboxylic acids is 1. The van der Waals surface area contributed by atoms with Gasteiger partial charge in [0.25, 0.3) is 10.0 Å². The predicted molar refractivity (Wildman–Crippen MR) is 116 cm³/mol. The Kier molecular flexibility index (Phi) is 6.63. The molecule has 0 heterocycles. The van der Waals surface area contributed by atoms with Crippen LogP contribution in [0.25, 0.3) is 0 Å². The molecule has 0 radical (unpaired) electrons. The number of hydrogen-bond donors (Lipinski definition) is 2. The van der Waals surface area contributed by atoms with E-state index in [4.69, 9.17) is 20.5 Å². The lowest BCUT2D eigenvalue weighted by Gasteiger charge is -2.14. The van der Waals surface area contributed by atoms with E-state index in [1.54, 1.807) is 18.2 Å². The molecule has 0 aromatic heterocycles. The Bertz CT molecular complexity index is 1370. The standard InChI is InChI=1S/C20H16ClNO8S2/c1-29-19-5-3-2-4-17(19)22-31(25,26)15-10-11-18(16(12-15)20(23)24)30-32(27,28)14-8-6-13(21)7-9-14/h2-12,22H,1H3,(H,23,24). The Balaban J connectivity index is 1.97. The lowest BCUT2D eigenvalue weighted by atomic mass is 10.2. The van der Waals surface area contributed by atoms with Gasteiger partial charge in [-0.1, -0.05) is 23.7 Å². The minimum atomic E-state index is -4.40. The van der Waals surface area contributed by atoms with Crippen molar-refractivity contribution in [3.63, 3.8) is 0 Å². The maximum Gasteiger partial charge on any atom is 0.339 e. The highest BCUT2D eigenvalue weighted by Crippen LogP contribution is 2.30. The van der Waals surface area contributed by atoms with Gasteiger partial charge in [0.05, 0.1) is 17.7 Å². The second-order valence-electron chi connectivity index (χ2n) is 6.26. The number of para-hydroxylation sites is 2. The van der Waals surface area contributed by atoms with Crippen molar-refractivity contribution >= 4 is 43.4 Å². The van der Waals surface area contributed by atoms with E-state index in [2.05, 4.69) is 4.72 Å². The van der Waals surface area contributed by atoms with Gasteiger partial charge in [-0.3, -0.25) is 4.72 Å². The molecule has 3 aromatic rings. The van der Waals surface area contributed by atoms with Crippen LogP contribution in [0.15, 0.2) is 76.5 Å². The number of benzene rings is 3. The monoisotopic (exact) mass is 497 g/mol. The van der Waals surface area contributed by atoms with Crippen LogP contribution in [-0.4, -0.2) is 35.0 Å². The topological polar surface area (TPSA) is 136 Å². The zero-order valence-electron chi connectivity index (χ0n) is 16.4. The van der Waals surface area contributed by atoms with Crippen molar-refractivity contribution in [3.05, 3.63) is 77.3 Å². The fourth-order valence-corrected chi connectivity index (χ4v) is 4.79. The minimum Gasteiger partial charge on any atom is -0.495 e. The van der Waals surface area contributed by atoms with E-state index in [0.29, 0.717) is 5.02 Å². The number of carbonyl (C=O) groups is 1. The van der Waals surface area contributed by atoms with Crippen LogP contribution in [0.2, 0.25) is 5.02 Å². The molecular formula is C20H16ClNO8S2. The molecule has 3 aromatic carbocycles. The summed E-state index contributed by atoms with van der Waals surface area (Å²) in [5, 5.41) is 9.80. The van der Waals surface area contributed by atoms with Gasteiger partial charge in [0.2, 0.25) is 0 Å². The van der Waals surface area contributed by atoms with Crippen LogP contribution in [0.4, 0.5) is 5.69 Å². The molecule has 0 aliphatic rings. The summed E-state index contributed by atoms with van der Waals surface area (Å²) >= 11 is 5.74. The molecule has 0 fully saturated rings. The summed E-state index contributed by atoms with van der Waals surface area (Å²) in [5.41, 5.74) is -0.525. The lowest BCUT2D eigenvalue weighted by molar-refractivity contribution is 0.0695. The van der Waals surface area contributed by atoms with E-state index in [1.807, 2.05) is 0 Å². The van der Waals surface area contributed by atoms with Crippen molar-refractivity contribution in [1.82, 2.24) is 0 Å². The van der Waals surface area contributed by atoms with E-state index >= 15 is 0 Å². The van der Waals surface area contributed by atoms with Crippen LogP contribution in [-0.2, 0) is 20.1 Å². The van der Waals surface area contributed by atoms with E-state index in [9.17, 15) is 26.7 Å². The number of sulfonamides is 1. The summed E-state index contributed by atoms with van der Waals surface area (Å²) in [5.74, 6) is -1.88. The molecule has 0 aliphatic heterocycles. The quantitative estimate of drug-likeness (QED) is 0.450. The molecule has 0 unspecified atom stereocenters. The SMILES string of the molecule is COc1ccccc1NS(=O)(=O)c1ccc(OS(=O)(=O)c2ccc(Cl)cc2)c(C(=O)O)c1. The van der Waals surface area contributed by atoms with Crippen molar-refractivity contribution in [2.75, 3.05) is 11.8 Å². The molecule has 0 amide bonds. The Morgan fingerprint density at radius 2 is 1.53 bits per heavy atom. The largest absolute Gasteiger partial charge is 0.495 e. The number of carboxylic acid groups (broad SMARTS) is 1. The summed E-state index contributed by atoms with van der Waals surface area (Å²) < 4.78 is 62.8. The first kappa shape index (κ1) is 23.4. The van der Waals surface area contributed by atoms with Crippen LogP contribution in [0.3, 0.4) is 0 Å². The van der Waals surface area contributed by atoms with E-state index < -0.39 is 42.3 Å². The summed E-state index contributed by atoms with van der Waals surface area (Å²) in [6, 6.07) is 14.0. The highest BCUT2D eigenvalue weighted by Gasteiger charge is 2.24. The molecule has 12 heteroatoms. The van der Waals surface area contributed by atoms with Gasteiger partial charge in [0.1, 0.15) is 16.2 Å². The molecule has 0 atom stereocenters. The maximum absolute atomic E-state index is 12.8. The molecule has 0 saturated heterocycles. The number of halogens is 1. The van der Waals surface area contributed by atoms with E-state index in [-0.39, 0.29) is 16.3 Å². The maximum atomic E-state index is 12.8. The van der Waals surface area contributed by atoms with Gasteiger partial charge in [-0.15, -0.1) is 0 Å². The summed E-state index contributed by atoms with van der Waals surface area (Å²) in [4.78, 5) is 11.0. The Morgan fingerprint density at radius 1 is 0.906 bits per heavy atom. The lowest BCUT2D eigenvalue weighted by Crippen LogP contribution is -2.16. The third-order valence-corrected chi connectivity index (χ3v) is 7.01. The second-order valence-corrected chi connectivity index (χ2v) is 9.93. The molecule has 0 bridgehead atoms. The normalized spacial score (nSPS) is 11.6. The Labute approximate surface area is 189 Å². The van der Waals surface area contributed by atoms with Crippen LogP contribution in [0, 0.1) is 0 Å². The zero-order valence-corrected chi connectivity index (χ0v) is 18.7. The van der Waals surface area contributed by atoms with E-state index in [0.717, 1.165) is 18.2 Å². The van der Waals surface area contributed by atoms with Crippen LogP contribution in [0.1, 0.15) is 10.4 Å². The molecule has 0 aliphatic carbocycles. The predicted octanol–water partition coefficient (Wildman–Crippen LogP) is 3.62. The summed E-state index contributed by atoms with van der Waals surface area (Å²) in [6.45, 7) is 0. The second kappa shape index (κ2) is 9.07. The molecule has 0 spiro atoms. The van der Waals surface area contributed by atoms with Crippen LogP contribution in [0.5, 0.6) is 11.5 Å². The number of methoxy groups -OCH3 is 1. The molecular weight excluding hydrogens is 482 g/mol. The fraction of sp³-hybridized carbons (Fsp3) is 0.0500. The summed E-state index contributed by atoms with van der Waals surface area (Å²) in [7, 11) is -7.26. The van der Waals surface area contributed by atoms with Gasteiger partial charge >= 0.3 is 16.1 Å². The average Bonchev–Trinajstić information content (AvgIpc) is 2.74. The number of ether oxygens (including phenoxy) is 1. The van der Waals surface area contributed by atoms with Crippen molar-refractivity contribution in [2.24, 2.45) is 0 Å². The average molecular weight is 498 g/mol. The third-order valence-electron chi connectivity index (χ3n) is 4.14. The third kappa shape index (κ3) is 5.13. The van der Waals surface area contributed by atoms with Crippen molar-refractivity contribution in [1.29, 1.82) is 0 Å². The van der Waals surface area contributed by atoms with Gasteiger partial charge in [0, 0.05) is 5.02 Å². The minimum absolute atomic E-state index is 0.137. The van der Waals surface area contributed by atoms with Gasteiger partial charge in [-0.25, -0.2) is 13.2 Å². The molecule has 2 N–H and O–H groups in total. The van der Waals surface area contributed by atoms with Crippen molar-refractivity contribution in [2.45, 2.75) is 9.79 Å². The van der Waals surface area contributed by atoms with Gasteiger partial charge < -0.3 is 14.0 Å². The Morgan fingerprint density at radius 3 is 2.16 bits per heavy atom. The summed E-state index contributed by atoms with van der Waals surface area (Å²) in [6.07, 6.45) is 0. The van der Waals surface area contributed by atoms with Gasteiger partial charge in [-0.2, -0.15) is 8.42 Å². The number of nitrogens with one attached hydrogen (secondary N) is 1. The molecule has 0 saturated carbocycles. The number of rotatable bonds is 8. The van der Waals surface area contributed by atoms with Crippen LogP contribution >= 0.6 is 11.6 Å². The van der Waals surface area contributed by atoms with Gasteiger partial charge in [-0.05, 0) is 54.6 Å². The van der Waals surface area contributed by atoms with Crippen molar-refractivity contribution < 1.29 is 35.7 Å². The molecule has 3 rings (SSSR count). The number of hydrogen-bond acceptors (Lipinski definition) is 7. The fourth-order valence-electron chi connectivity index (χ4n) is 2.62. The zero-order chi connectivity index (χ0) is 23.5. The number of aromatic carboxylic acids is 1. The first-order valence-corrected chi connectivity index (χ1v) is 12.0. The van der Waals surface area contributed by atoms with E-state index in [1.165, 1.54) is 37.4 Å². The smallest absolute Gasteiger partial charge is 0.339 e. The Hall–Kier alpha value is -3.28. The van der Waals surface area contributed by atoms with Gasteiger partial charge in [0.15, 0.2) is 5.75 Å². The molecule has 168 valence electrons. The number of anilines is 1. The molecule has 9 nitrogen and oxygen atoms in total. The first-order chi connectivity index (χ1) is 15.0. The highest BCUT2D eigenvalue weighted by atomic mass is 35.5. The van der Waals surface area contributed by atoms with Crippen molar-refractivity contribution in [3.8, 4) is 11.5 Å². The first-order valence-electron chi connectivity index (χ1n) is 8.77.